The van der Waals surface area contributed by atoms with Crippen LogP contribution in [0.1, 0.15) is 64.5 Å². The largest absolute Gasteiger partial charge is 0.276 e. The third kappa shape index (κ3) is 4.89. The van der Waals surface area contributed by atoms with Crippen LogP contribution in [0.15, 0.2) is 24.7 Å². The molecular formula is C20H32N4. The molecule has 0 bridgehead atoms. The summed E-state index contributed by atoms with van der Waals surface area (Å²) < 4.78 is 1.86. The zero-order valence-corrected chi connectivity index (χ0v) is 16.2. The molecule has 2 aromatic heterocycles. The summed E-state index contributed by atoms with van der Waals surface area (Å²) in [6.07, 6.45) is 7.92. The molecule has 2 aromatic rings. The quantitative estimate of drug-likeness (QED) is 0.756. The van der Waals surface area contributed by atoms with E-state index < -0.39 is 0 Å². The second kappa shape index (κ2) is 7.45. The lowest BCUT2D eigenvalue weighted by molar-refractivity contribution is 0.348. The molecule has 0 N–H and O–H groups in total. The van der Waals surface area contributed by atoms with E-state index in [1.54, 1.807) is 0 Å². The number of aryl methyl sites for hydroxylation is 1. The van der Waals surface area contributed by atoms with E-state index in [4.69, 9.17) is 0 Å². The van der Waals surface area contributed by atoms with Crippen LogP contribution < -0.4 is 0 Å². The van der Waals surface area contributed by atoms with Crippen molar-refractivity contribution in [3.8, 4) is 0 Å². The molecule has 132 valence electrons. The molecule has 0 fully saturated rings. The Labute approximate surface area is 146 Å². The lowest BCUT2D eigenvalue weighted by Crippen LogP contribution is -2.20. The summed E-state index contributed by atoms with van der Waals surface area (Å²) in [6.45, 7) is 13.6. The zero-order chi connectivity index (χ0) is 17.9. The van der Waals surface area contributed by atoms with Crippen molar-refractivity contribution in [2.45, 2.75) is 60.3 Å². The molecule has 0 aliphatic carbocycles. The van der Waals surface area contributed by atoms with Crippen LogP contribution in [0, 0.1) is 17.3 Å². The smallest absolute Gasteiger partial charge is 0.131 e. The fourth-order valence-electron chi connectivity index (χ4n) is 3.17. The first-order valence-electron chi connectivity index (χ1n) is 8.97. The van der Waals surface area contributed by atoms with E-state index in [1.165, 1.54) is 5.56 Å². The van der Waals surface area contributed by atoms with E-state index in [1.807, 2.05) is 30.3 Å². The summed E-state index contributed by atoms with van der Waals surface area (Å²) in [5.74, 6) is 2.57. The normalized spacial score (nSPS) is 14.8. The summed E-state index contributed by atoms with van der Waals surface area (Å²) >= 11 is 0. The molecule has 0 amide bonds. The van der Waals surface area contributed by atoms with Gasteiger partial charge in [-0.15, -0.1) is 0 Å². The number of hydrogen-bond donors (Lipinski definition) is 0. The predicted molar refractivity (Wildman–Crippen MR) is 98.8 cm³/mol. The highest BCUT2D eigenvalue weighted by Crippen LogP contribution is 2.28. The highest BCUT2D eigenvalue weighted by molar-refractivity contribution is 5.12. The summed E-state index contributed by atoms with van der Waals surface area (Å²) in [4.78, 5) is 9.29. The Morgan fingerprint density at radius 3 is 2.17 bits per heavy atom. The lowest BCUT2D eigenvalue weighted by Gasteiger charge is -2.24. The number of rotatable bonds is 7. The Balaban J connectivity index is 2.02. The first kappa shape index (κ1) is 18.6. The fourth-order valence-corrected chi connectivity index (χ4v) is 3.17. The maximum atomic E-state index is 4.65. The maximum absolute atomic E-state index is 4.65. The van der Waals surface area contributed by atoms with Crippen LogP contribution >= 0.6 is 0 Å². The molecule has 2 heterocycles. The molecule has 0 spiro atoms. The maximum Gasteiger partial charge on any atom is 0.131 e. The fraction of sp³-hybridized carbons (Fsp3) is 0.650. The van der Waals surface area contributed by atoms with Crippen LogP contribution in [0.25, 0.3) is 0 Å². The van der Waals surface area contributed by atoms with Crippen LogP contribution in [-0.4, -0.2) is 19.7 Å². The first-order valence-corrected chi connectivity index (χ1v) is 8.97. The minimum Gasteiger partial charge on any atom is -0.276 e. The molecule has 2 rings (SSSR count). The molecule has 24 heavy (non-hydrogen) atoms. The van der Waals surface area contributed by atoms with Gasteiger partial charge in [-0.3, -0.25) is 4.68 Å². The average molecular weight is 329 g/mol. The van der Waals surface area contributed by atoms with Gasteiger partial charge in [0.25, 0.3) is 0 Å². The van der Waals surface area contributed by atoms with E-state index in [0.29, 0.717) is 17.8 Å². The minimum absolute atomic E-state index is 0.135. The van der Waals surface area contributed by atoms with Crippen LogP contribution in [0.2, 0.25) is 0 Å². The molecule has 4 heteroatoms. The van der Waals surface area contributed by atoms with Crippen molar-refractivity contribution >= 4 is 0 Å². The van der Waals surface area contributed by atoms with E-state index in [-0.39, 0.29) is 5.41 Å². The van der Waals surface area contributed by atoms with Gasteiger partial charge in [0, 0.05) is 31.6 Å². The Kier molecular flexibility index (Phi) is 5.79. The van der Waals surface area contributed by atoms with Crippen molar-refractivity contribution in [2.24, 2.45) is 24.3 Å². The molecule has 1 unspecified atom stereocenters. The predicted octanol–water partition coefficient (Wildman–Crippen LogP) is 4.42. The second-order valence-corrected chi connectivity index (χ2v) is 8.34. The van der Waals surface area contributed by atoms with Crippen molar-refractivity contribution in [1.82, 2.24) is 19.7 Å². The third-order valence-electron chi connectivity index (χ3n) is 5.08. The molecule has 0 radical (unpaired) electrons. The second-order valence-electron chi connectivity index (χ2n) is 8.34. The topological polar surface area (TPSA) is 43.6 Å². The van der Waals surface area contributed by atoms with Crippen LogP contribution in [0.3, 0.4) is 0 Å². The van der Waals surface area contributed by atoms with Gasteiger partial charge in [-0.2, -0.15) is 5.10 Å². The molecule has 2 atom stereocenters. The molecular weight excluding hydrogens is 296 g/mol. The Morgan fingerprint density at radius 2 is 1.67 bits per heavy atom. The molecule has 0 aliphatic heterocycles. The molecule has 0 saturated carbocycles. The molecule has 4 nitrogen and oxygen atoms in total. The summed E-state index contributed by atoms with van der Waals surface area (Å²) in [5, 5.41) is 4.50. The monoisotopic (exact) mass is 328 g/mol. The summed E-state index contributed by atoms with van der Waals surface area (Å²) in [5.41, 5.74) is 2.47. The van der Waals surface area contributed by atoms with Gasteiger partial charge in [-0.25, -0.2) is 9.97 Å². The van der Waals surface area contributed by atoms with E-state index >= 15 is 0 Å². The van der Waals surface area contributed by atoms with Gasteiger partial charge in [-0.05, 0) is 41.7 Å². The first-order chi connectivity index (χ1) is 11.2. The van der Waals surface area contributed by atoms with Gasteiger partial charge in [-0.1, -0.05) is 41.5 Å². The summed E-state index contributed by atoms with van der Waals surface area (Å²) in [7, 11) is 1.96. The van der Waals surface area contributed by atoms with E-state index in [2.05, 4.69) is 62.7 Å². The number of aromatic nitrogens is 4. The van der Waals surface area contributed by atoms with Gasteiger partial charge in [0.15, 0.2) is 0 Å². The minimum atomic E-state index is 0.135. The standard InChI is InChI=1S/C20H32N4/c1-14(2)15(3)16(4)19-21-12-17(13-22-19)10-20(5,6)11-18-8-9-24(7)23-18/h8-9,12-16H,10-11H2,1-7H3/t15?,16-/m0/s1. The Bertz CT molecular complexity index is 640. The van der Waals surface area contributed by atoms with Crippen LogP contribution in [-0.2, 0) is 19.9 Å². The van der Waals surface area contributed by atoms with E-state index in [9.17, 15) is 0 Å². The summed E-state index contributed by atoms with van der Waals surface area (Å²) in [6, 6.07) is 2.09. The molecule has 0 saturated heterocycles. The SMILES string of the molecule is CC(C)C(C)[C@H](C)c1ncc(CC(C)(C)Cc2ccn(C)n2)cn1. The highest BCUT2D eigenvalue weighted by atomic mass is 15.2. The van der Waals surface area contributed by atoms with Crippen LogP contribution in [0.5, 0.6) is 0 Å². The number of nitrogens with zero attached hydrogens (tertiary/aromatic N) is 4. The van der Waals surface area contributed by atoms with Crippen molar-refractivity contribution in [3.63, 3.8) is 0 Å². The number of hydrogen-bond acceptors (Lipinski definition) is 3. The van der Waals surface area contributed by atoms with Gasteiger partial charge < -0.3 is 0 Å². The third-order valence-corrected chi connectivity index (χ3v) is 5.08. The Morgan fingerprint density at radius 1 is 1.04 bits per heavy atom. The van der Waals surface area contributed by atoms with Gasteiger partial charge in [0.1, 0.15) is 5.82 Å². The molecule has 0 aliphatic rings. The van der Waals surface area contributed by atoms with Crippen molar-refractivity contribution in [1.29, 1.82) is 0 Å². The van der Waals surface area contributed by atoms with Crippen molar-refractivity contribution < 1.29 is 0 Å². The van der Waals surface area contributed by atoms with Gasteiger partial charge >= 0.3 is 0 Å². The Hall–Kier alpha value is -1.71. The average Bonchev–Trinajstić information content (AvgIpc) is 2.90. The lowest BCUT2D eigenvalue weighted by atomic mass is 9.82. The van der Waals surface area contributed by atoms with Crippen molar-refractivity contribution in [2.75, 3.05) is 0 Å². The van der Waals surface area contributed by atoms with E-state index in [0.717, 1.165) is 24.4 Å². The van der Waals surface area contributed by atoms with Crippen molar-refractivity contribution in [3.05, 3.63) is 41.7 Å². The van der Waals surface area contributed by atoms with Crippen LogP contribution in [0.4, 0.5) is 0 Å². The molecule has 0 aromatic carbocycles. The van der Waals surface area contributed by atoms with Gasteiger partial charge in [0.05, 0.1) is 5.69 Å². The highest BCUT2D eigenvalue weighted by Gasteiger charge is 2.23. The van der Waals surface area contributed by atoms with Gasteiger partial charge in [0.2, 0.25) is 0 Å². The zero-order valence-electron chi connectivity index (χ0n) is 16.2.